The first-order valence-corrected chi connectivity index (χ1v) is 14.1. The first kappa shape index (κ1) is 30.7. The molecule has 0 amide bonds. The van der Waals surface area contributed by atoms with E-state index in [-0.39, 0.29) is 47.7 Å². The van der Waals surface area contributed by atoms with Crippen molar-refractivity contribution in [1.82, 2.24) is 24.5 Å². The summed E-state index contributed by atoms with van der Waals surface area (Å²) in [7, 11) is 0. The molecule has 9 heteroatoms. The van der Waals surface area contributed by atoms with E-state index in [1.807, 2.05) is 102 Å². The van der Waals surface area contributed by atoms with Crippen molar-refractivity contribution in [3.05, 3.63) is 152 Å². The summed E-state index contributed by atoms with van der Waals surface area (Å²) in [4.78, 5) is 17.7. The Morgan fingerprint density at radius 2 is 1.02 bits per heavy atom. The number of pyridine rings is 2. The fourth-order valence-corrected chi connectivity index (χ4v) is 5.11. The van der Waals surface area contributed by atoms with E-state index in [1.165, 1.54) is 6.07 Å². The quantitative estimate of drug-likeness (QED) is 0.118. The van der Waals surface area contributed by atoms with Gasteiger partial charge in [-0.3, -0.25) is 0 Å². The van der Waals surface area contributed by atoms with Gasteiger partial charge in [0.1, 0.15) is 0 Å². The van der Waals surface area contributed by atoms with Crippen LogP contribution in [0.5, 0.6) is 23.0 Å². The predicted octanol–water partition coefficient (Wildman–Crippen LogP) is 8.48. The Balaban J connectivity index is 0.00000201. The van der Waals surface area contributed by atoms with Gasteiger partial charge in [-0.2, -0.15) is 22.9 Å². The van der Waals surface area contributed by atoms with Crippen LogP contribution in [0.2, 0.25) is 0 Å². The second-order valence-electron chi connectivity index (χ2n) is 9.98. The third-order valence-corrected chi connectivity index (χ3v) is 7.10. The smallest absolute Gasteiger partial charge is 0.503 e. The molecule has 8 rings (SSSR count). The molecule has 0 aliphatic rings. The van der Waals surface area contributed by atoms with Gasteiger partial charge >= 0.3 is 41.5 Å². The van der Waals surface area contributed by atoms with Crippen molar-refractivity contribution >= 4 is 21.8 Å². The molecule has 0 radical (unpaired) electrons. The molecule has 0 atom stereocenters. The number of fused-ring (bicyclic) bond motifs is 3. The summed E-state index contributed by atoms with van der Waals surface area (Å²) in [5, 5.41) is 1.78. The van der Waals surface area contributed by atoms with Crippen molar-refractivity contribution in [2.24, 2.45) is 0 Å². The molecule has 47 heavy (non-hydrogen) atoms. The van der Waals surface area contributed by atoms with Gasteiger partial charge in [0.25, 0.3) is 0 Å². The Labute approximate surface area is 300 Å². The molecule has 4 heterocycles. The molecule has 0 N–H and O–H groups in total. The first-order valence-electron chi connectivity index (χ1n) is 14.6. The van der Waals surface area contributed by atoms with Crippen molar-refractivity contribution in [2.45, 2.75) is 0 Å². The first-order chi connectivity index (χ1) is 22.7. The van der Waals surface area contributed by atoms with Crippen LogP contribution in [-0.4, -0.2) is 24.5 Å². The van der Waals surface area contributed by atoms with Crippen LogP contribution in [0, 0.1) is 24.3 Å². The molecule has 4 aromatic heterocycles. The standard InChI is InChI=1S/C38H21N5O2.Pd.Pt/c1-3-18-39-34(12-1)26-8-5-10-28(22-26)44-30-14-16-32-33-17-15-31(25-37(33)43(36(32)24-30)38-41-20-7-21-42-38)45-29-11-6-9-27(23-29)35-13-2-4-19-40-35;;/h1-21H;;/q-4;2*+2/i20D;;. The molecule has 0 unspecified atom stereocenters. The molecular weight excluding hydrogens is 860 g/mol. The van der Waals surface area contributed by atoms with Gasteiger partial charge in [-0.1, -0.05) is 47.4 Å². The van der Waals surface area contributed by atoms with Crippen molar-refractivity contribution < 1.29 is 52.3 Å². The largest absolute Gasteiger partial charge is 2.00 e. The Bertz CT molecular complexity index is 2210. The number of hydrogen-bond donors (Lipinski definition) is 0. The average Bonchev–Trinajstić information content (AvgIpc) is 3.42. The van der Waals surface area contributed by atoms with Gasteiger partial charge < -0.3 is 24.0 Å². The zero-order valence-electron chi connectivity index (χ0n) is 25.2. The zero-order chi connectivity index (χ0) is 30.9. The summed E-state index contributed by atoms with van der Waals surface area (Å²) in [5.74, 6) is 2.31. The number of aromatic nitrogens is 5. The predicted molar refractivity (Wildman–Crippen MR) is 171 cm³/mol. The number of nitrogens with zero attached hydrogens (tertiary/aromatic N) is 5. The molecule has 7 nitrogen and oxygen atoms in total. The molecule has 0 bridgehead atoms. The molecule has 0 saturated carbocycles. The van der Waals surface area contributed by atoms with Gasteiger partial charge in [-0.05, 0) is 29.6 Å². The number of ether oxygens (including phenoxy) is 2. The van der Waals surface area contributed by atoms with Gasteiger partial charge in [-0.15, -0.1) is 71.8 Å². The summed E-state index contributed by atoms with van der Waals surface area (Å²) in [5.41, 5.74) is 4.56. The van der Waals surface area contributed by atoms with Crippen LogP contribution in [0.15, 0.2) is 128 Å². The fraction of sp³-hybridized carbons (Fsp3) is 0. The normalized spacial score (nSPS) is 10.9. The van der Waals surface area contributed by atoms with Gasteiger partial charge in [0.2, 0.25) is 5.95 Å². The molecule has 0 spiro atoms. The molecule has 8 aromatic rings. The van der Waals surface area contributed by atoms with E-state index in [2.05, 4.69) is 44.2 Å². The van der Waals surface area contributed by atoms with Crippen LogP contribution in [0.25, 0.3) is 50.3 Å². The molecular formula is C38H21N5O2PdPt. The van der Waals surface area contributed by atoms with E-state index in [0.29, 0.717) is 40.0 Å². The second kappa shape index (κ2) is 14.2. The third kappa shape index (κ3) is 6.63. The van der Waals surface area contributed by atoms with Gasteiger partial charge in [-0.25, -0.2) is 9.97 Å². The molecule has 0 saturated heterocycles. The SMILES string of the molecule is [2H]c1ccnc(-n2c3[c-]c(Oc4[c-]c(-c5ccccn5)ccc4)ccc3c3ccc(Oc4[c-]c(-c5ccccn5)ccc4)[c-]c32)n1.[Pd+2].[Pt+2]. The Kier molecular flexibility index (Phi) is 9.26. The van der Waals surface area contributed by atoms with Crippen molar-refractivity contribution in [3.63, 3.8) is 0 Å². The van der Waals surface area contributed by atoms with E-state index >= 15 is 0 Å². The minimum absolute atomic E-state index is 0. The van der Waals surface area contributed by atoms with Gasteiger partial charge in [0, 0.05) is 47.8 Å². The topological polar surface area (TPSA) is 75.0 Å². The third-order valence-electron chi connectivity index (χ3n) is 7.10. The monoisotopic (exact) mass is 881 g/mol. The maximum atomic E-state index is 8.17. The Hall–Kier alpha value is -4.99. The summed E-state index contributed by atoms with van der Waals surface area (Å²) >= 11 is 0. The van der Waals surface area contributed by atoms with Crippen LogP contribution in [0.4, 0.5) is 0 Å². The van der Waals surface area contributed by atoms with Crippen molar-refractivity contribution in [3.8, 4) is 51.5 Å². The van der Waals surface area contributed by atoms with Crippen LogP contribution < -0.4 is 9.47 Å². The number of rotatable bonds is 7. The molecule has 4 aromatic carbocycles. The van der Waals surface area contributed by atoms with E-state index < -0.39 is 0 Å². The minimum Gasteiger partial charge on any atom is -0.503 e. The Morgan fingerprint density at radius 1 is 0.511 bits per heavy atom. The van der Waals surface area contributed by atoms with Crippen molar-refractivity contribution in [2.75, 3.05) is 0 Å². The van der Waals surface area contributed by atoms with Crippen LogP contribution in [0.1, 0.15) is 1.37 Å². The second-order valence-corrected chi connectivity index (χ2v) is 9.98. The van der Waals surface area contributed by atoms with Crippen molar-refractivity contribution in [1.29, 1.82) is 0 Å². The van der Waals surface area contributed by atoms with E-state index in [4.69, 9.17) is 10.8 Å². The average molecular weight is 882 g/mol. The van der Waals surface area contributed by atoms with E-state index in [1.54, 1.807) is 18.6 Å². The fourth-order valence-electron chi connectivity index (χ4n) is 5.11. The Morgan fingerprint density at radius 3 is 1.51 bits per heavy atom. The van der Waals surface area contributed by atoms with E-state index in [0.717, 1.165) is 33.3 Å². The molecule has 0 aliphatic heterocycles. The maximum Gasteiger partial charge on any atom is 2.00 e. The zero-order valence-corrected chi connectivity index (χ0v) is 28.1. The summed E-state index contributed by atoms with van der Waals surface area (Å²) in [6, 6.07) is 45.4. The summed E-state index contributed by atoms with van der Waals surface area (Å²) in [6.45, 7) is 0. The molecule has 0 aliphatic carbocycles. The van der Waals surface area contributed by atoms with Crippen LogP contribution >= 0.6 is 0 Å². The molecule has 0 fully saturated rings. The number of hydrogen-bond acceptors (Lipinski definition) is 6. The maximum absolute atomic E-state index is 8.17. The summed E-state index contributed by atoms with van der Waals surface area (Å²) in [6.07, 6.45) is 5.13. The summed E-state index contributed by atoms with van der Waals surface area (Å²) < 4.78 is 22.4. The van der Waals surface area contributed by atoms with Crippen LogP contribution in [0.3, 0.4) is 0 Å². The van der Waals surface area contributed by atoms with Gasteiger partial charge in [0.05, 0.1) is 1.37 Å². The van der Waals surface area contributed by atoms with Gasteiger partial charge in [0.15, 0.2) is 0 Å². The number of benzene rings is 4. The minimum atomic E-state index is 0. The van der Waals surface area contributed by atoms with Crippen LogP contribution in [-0.2, 0) is 41.5 Å². The van der Waals surface area contributed by atoms with E-state index in [9.17, 15) is 0 Å². The molecule has 230 valence electrons.